The average molecular weight is 328 g/mol. The van der Waals surface area contributed by atoms with Crippen LogP contribution < -0.4 is 0 Å². The van der Waals surface area contributed by atoms with Crippen LogP contribution >= 0.6 is 31.9 Å². The van der Waals surface area contributed by atoms with Gasteiger partial charge in [-0.1, -0.05) is 15.9 Å². The van der Waals surface area contributed by atoms with Crippen molar-refractivity contribution in [3.63, 3.8) is 0 Å². The lowest BCUT2D eigenvalue weighted by Gasteiger charge is -2.09. The number of Topliss-reactive ketones (excluding diaryl/α,β-unsaturated/α-hetero) is 1. The van der Waals surface area contributed by atoms with Gasteiger partial charge in [-0.3, -0.25) is 4.79 Å². The molecule has 0 fully saturated rings. The summed E-state index contributed by atoms with van der Waals surface area (Å²) >= 11 is 6.01. The van der Waals surface area contributed by atoms with Crippen molar-refractivity contribution in [2.45, 2.75) is 13.3 Å². The molecule has 1 aromatic carbocycles. The van der Waals surface area contributed by atoms with Crippen LogP contribution in [0.25, 0.3) is 0 Å². The maximum Gasteiger partial charge on any atom is 0.266 e. The number of rotatable bonds is 2. The Morgan fingerprint density at radius 3 is 2.36 bits per heavy atom. The molecule has 0 saturated heterocycles. The van der Waals surface area contributed by atoms with E-state index >= 15 is 0 Å². The molecule has 0 heterocycles. The minimum atomic E-state index is -2.61. The van der Waals surface area contributed by atoms with Crippen molar-refractivity contribution >= 4 is 37.6 Å². The van der Waals surface area contributed by atoms with Crippen molar-refractivity contribution in [2.24, 2.45) is 0 Å². The molecule has 5 heteroatoms. The van der Waals surface area contributed by atoms with E-state index in [1.165, 1.54) is 19.1 Å². The van der Waals surface area contributed by atoms with Crippen molar-refractivity contribution in [1.82, 2.24) is 0 Å². The first-order chi connectivity index (χ1) is 6.45. The molecule has 0 bridgehead atoms. The van der Waals surface area contributed by atoms with E-state index in [0.29, 0.717) is 4.47 Å². The van der Waals surface area contributed by atoms with Crippen LogP contribution in [0.4, 0.5) is 8.78 Å². The largest absolute Gasteiger partial charge is 0.294 e. The highest BCUT2D eigenvalue weighted by Gasteiger charge is 2.19. The van der Waals surface area contributed by atoms with Gasteiger partial charge in [-0.2, -0.15) is 0 Å². The second kappa shape index (κ2) is 4.49. The number of hydrogen-bond donors (Lipinski definition) is 0. The Kier molecular flexibility index (Phi) is 3.78. The van der Waals surface area contributed by atoms with E-state index in [-0.39, 0.29) is 21.4 Å². The normalized spacial score (nSPS) is 10.7. The van der Waals surface area contributed by atoms with Crippen LogP contribution in [-0.2, 0) is 0 Å². The second-order valence-electron chi connectivity index (χ2n) is 2.68. The maximum absolute atomic E-state index is 12.6. The fourth-order valence-electron chi connectivity index (χ4n) is 1.04. The van der Waals surface area contributed by atoms with Gasteiger partial charge in [-0.25, -0.2) is 8.78 Å². The number of alkyl halides is 2. The van der Waals surface area contributed by atoms with Crippen molar-refractivity contribution in [3.05, 3.63) is 32.2 Å². The molecule has 1 rings (SSSR count). The van der Waals surface area contributed by atoms with Crippen molar-refractivity contribution < 1.29 is 13.6 Å². The zero-order valence-corrected chi connectivity index (χ0v) is 10.3. The summed E-state index contributed by atoms with van der Waals surface area (Å²) in [6, 6.07) is 2.95. The van der Waals surface area contributed by atoms with Gasteiger partial charge in [-0.05, 0) is 35.0 Å². The number of carbonyl (C=O) groups is 1. The van der Waals surface area contributed by atoms with Crippen LogP contribution in [0.1, 0.15) is 29.3 Å². The molecular formula is C9H6Br2F2O. The van der Waals surface area contributed by atoms with E-state index in [9.17, 15) is 13.6 Å². The van der Waals surface area contributed by atoms with Gasteiger partial charge >= 0.3 is 0 Å². The van der Waals surface area contributed by atoms with Crippen LogP contribution in [0.5, 0.6) is 0 Å². The van der Waals surface area contributed by atoms with E-state index < -0.39 is 6.43 Å². The lowest BCUT2D eigenvalue weighted by atomic mass is 10.1. The van der Waals surface area contributed by atoms with Crippen molar-refractivity contribution in [3.8, 4) is 0 Å². The summed E-state index contributed by atoms with van der Waals surface area (Å²) in [5, 5.41) is 0. The molecule has 0 saturated carbocycles. The van der Waals surface area contributed by atoms with Gasteiger partial charge in [-0.15, -0.1) is 0 Å². The minimum Gasteiger partial charge on any atom is -0.294 e. The number of benzene rings is 1. The van der Waals surface area contributed by atoms with Gasteiger partial charge in [0.2, 0.25) is 0 Å². The Balaban J connectivity index is 3.41. The number of carbonyl (C=O) groups excluding carboxylic acids is 1. The molecule has 76 valence electrons. The molecule has 0 aliphatic rings. The van der Waals surface area contributed by atoms with E-state index in [1.807, 2.05) is 0 Å². The Hall–Kier alpha value is -0.290. The number of ketones is 1. The summed E-state index contributed by atoms with van der Waals surface area (Å²) in [6.45, 7) is 1.34. The van der Waals surface area contributed by atoms with E-state index in [1.54, 1.807) is 0 Å². The molecule has 0 radical (unpaired) electrons. The van der Waals surface area contributed by atoms with Crippen molar-refractivity contribution in [2.75, 3.05) is 0 Å². The summed E-state index contributed by atoms with van der Waals surface area (Å²) in [5.41, 5.74) is 0.0844. The predicted molar refractivity (Wildman–Crippen MR) is 56.8 cm³/mol. The summed E-state index contributed by atoms with van der Waals surface area (Å²) in [4.78, 5) is 11.1. The van der Waals surface area contributed by atoms with Crippen LogP contribution in [0.15, 0.2) is 21.1 Å². The smallest absolute Gasteiger partial charge is 0.266 e. The molecule has 1 aromatic rings. The van der Waals surface area contributed by atoms with Crippen LogP contribution in [-0.4, -0.2) is 5.78 Å². The molecular weight excluding hydrogens is 322 g/mol. The Labute approximate surface area is 96.8 Å². The Morgan fingerprint density at radius 2 is 1.93 bits per heavy atom. The van der Waals surface area contributed by atoms with Crippen LogP contribution in [0, 0.1) is 0 Å². The van der Waals surface area contributed by atoms with E-state index in [4.69, 9.17) is 0 Å². The predicted octanol–water partition coefficient (Wildman–Crippen LogP) is 4.35. The molecule has 0 aromatic heterocycles. The Bertz CT molecular complexity index is 377. The van der Waals surface area contributed by atoms with Crippen LogP contribution in [0.3, 0.4) is 0 Å². The molecule has 14 heavy (non-hydrogen) atoms. The monoisotopic (exact) mass is 326 g/mol. The van der Waals surface area contributed by atoms with Gasteiger partial charge in [0.1, 0.15) is 0 Å². The van der Waals surface area contributed by atoms with Gasteiger partial charge in [0, 0.05) is 20.1 Å². The summed E-state index contributed by atoms with van der Waals surface area (Å²) in [5.74, 6) is -0.244. The maximum atomic E-state index is 12.6. The fourth-order valence-corrected chi connectivity index (χ4v) is 2.61. The first-order valence-corrected chi connectivity index (χ1v) is 5.30. The lowest BCUT2D eigenvalue weighted by molar-refractivity contribution is 0.101. The molecule has 0 aliphatic heterocycles. The van der Waals surface area contributed by atoms with Gasteiger partial charge in [0.05, 0.1) is 0 Å². The molecule has 0 aliphatic carbocycles. The topological polar surface area (TPSA) is 17.1 Å². The standard InChI is InChI=1S/C9H6Br2F2O/c1-4(14)5-2-3-6(10)7(8(5)11)9(12)13/h2-3,9H,1H3. The Morgan fingerprint density at radius 1 is 1.36 bits per heavy atom. The van der Waals surface area contributed by atoms with Gasteiger partial charge < -0.3 is 0 Å². The third-order valence-corrected chi connectivity index (χ3v) is 3.27. The third kappa shape index (κ3) is 2.20. The van der Waals surface area contributed by atoms with E-state index in [2.05, 4.69) is 31.9 Å². The third-order valence-electron chi connectivity index (χ3n) is 1.72. The SMILES string of the molecule is CC(=O)c1ccc(Br)c(C(F)F)c1Br. The average Bonchev–Trinajstić information content (AvgIpc) is 2.02. The van der Waals surface area contributed by atoms with Gasteiger partial charge in [0.15, 0.2) is 5.78 Å². The molecule has 0 amide bonds. The minimum absolute atomic E-state index is 0.161. The summed E-state index contributed by atoms with van der Waals surface area (Å²) in [7, 11) is 0. The second-order valence-corrected chi connectivity index (χ2v) is 4.33. The first-order valence-electron chi connectivity index (χ1n) is 3.72. The highest BCUT2D eigenvalue weighted by molar-refractivity contribution is 9.11. The summed E-state index contributed by atoms with van der Waals surface area (Å²) in [6.07, 6.45) is -2.61. The highest BCUT2D eigenvalue weighted by atomic mass is 79.9. The van der Waals surface area contributed by atoms with Gasteiger partial charge in [0.25, 0.3) is 6.43 Å². The van der Waals surface area contributed by atoms with Crippen LogP contribution in [0.2, 0.25) is 0 Å². The molecule has 1 nitrogen and oxygen atoms in total. The fraction of sp³-hybridized carbons (Fsp3) is 0.222. The van der Waals surface area contributed by atoms with E-state index in [0.717, 1.165) is 0 Å². The molecule has 0 N–H and O–H groups in total. The highest BCUT2D eigenvalue weighted by Crippen LogP contribution is 2.36. The first kappa shape index (κ1) is 11.8. The number of halogens is 4. The molecule has 0 atom stereocenters. The zero-order valence-electron chi connectivity index (χ0n) is 7.15. The lowest BCUT2D eigenvalue weighted by Crippen LogP contribution is -1.98. The molecule has 0 spiro atoms. The number of hydrogen-bond acceptors (Lipinski definition) is 1. The zero-order chi connectivity index (χ0) is 10.9. The summed E-state index contributed by atoms with van der Waals surface area (Å²) < 4.78 is 25.6. The van der Waals surface area contributed by atoms with Crippen molar-refractivity contribution in [1.29, 1.82) is 0 Å². The molecule has 0 unspecified atom stereocenters. The quantitative estimate of drug-likeness (QED) is 0.738.